The molecule has 1 aliphatic heterocycles. The van der Waals surface area contributed by atoms with Gasteiger partial charge in [0.25, 0.3) is 0 Å². The monoisotopic (exact) mass is 359 g/mol. The second kappa shape index (κ2) is 7.76. The van der Waals surface area contributed by atoms with Crippen LogP contribution in [-0.4, -0.2) is 46.9 Å². The van der Waals surface area contributed by atoms with Gasteiger partial charge in [0.1, 0.15) is 5.75 Å². The average Bonchev–Trinajstić information content (AvgIpc) is 3.08. The molecule has 1 aliphatic rings. The SMILES string of the molecule is CCN(Cc1nc(-c2ccc(C)c(OC)c2)no1)[C@H]1CCOC(C)(C)C1. The van der Waals surface area contributed by atoms with Crippen LogP contribution in [0.1, 0.15) is 45.1 Å². The Balaban J connectivity index is 1.73. The van der Waals surface area contributed by atoms with Gasteiger partial charge in [0.2, 0.25) is 11.7 Å². The first-order valence-corrected chi connectivity index (χ1v) is 9.27. The van der Waals surface area contributed by atoms with E-state index in [0.717, 1.165) is 42.9 Å². The zero-order valence-corrected chi connectivity index (χ0v) is 16.4. The number of methoxy groups -OCH3 is 1. The molecule has 26 heavy (non-hydrogen) atoms. The van der Waals surface area contributed by atoms with Crippen LogP contribution >= 0.6 is 0 Å². The molecule has 2 aromatic rings. The van der Waals surface area contributed by atoms with Crippen molar-refractivity contribution in [1.29, 1.82) is 0 Å². The van der Waals surface area contributed by atoms with Gasteiger partial charge in [-0.2, -0.15) is 4.98 Å². The molecule has 3 rings (SSSR count). The van der Waals surface area contributed by atoms with Crippen LogP contribution < -0.4 is 4.74 Å². The lowest BCUT2D eigenvalue weighted by atomic mass is 9.93. The molecule has 0 bridgehead atoms. The zero-order chi connectivity index (χ0) is 18.7. The molecule has 0 aliphatic carbocycles. The summed E-state index contributed by atoms with van der Waals surface area (Å²) < 4.78 is 16.8. The molecule has 6 heteroatoms. The second-order valence-electron chi connectivity index (χ2n) is 7.51. The van der Waals surface area contributed by atoms with E-state index in [1.54, 1.807) is 7.11 Å². The van der Waals surface area contributed by atoms with E-state index >= 15 is 0 Å². The molecule has 0 N–H and O–H groups in total. The summed E-state index contributed by atoms with van der Waals surface area (Å²) in [5.41, 5.74) is 1.91. The maximum Gasteiger partial charge on any atom is 0.241 e. The van der Waals surface area contributed by atoms with Gasteiger partial charge in [0, 0.05) is 18.2 Å². The Kier molecular flexibility index (Phi) is 5.63. The lowest BCUT2D eigenvalue weighted by Crippen LogP contribution is -2.45. The highest BCUT2D eigenvalue weighted by molar-refractivity contribution is 5.58. The predicted molar refractivity (Wildman–Crippen MR) is 100 cm³/mol. The number of hydrogen-bond donors (Lipinski definition) is 0. The van der Waals surface area contributed by atoms with Crippen molar-refractivity contribution < 1.29 is 14.0 Å². The molecule has 0 amide bonds. The Bertz CT molecular complexity index is 742. The van der Waals surface area contributed by atoms with Crippen LogP contribution in [0.5, 0.6) is 5.75 Å². The number of benzene rings is 1. The lowest BCUT2D eigenvalue weighted by Gasteiger charge is -2.40. The highest BCUT2D eigenvalue weighted by Crippen LogP contribution is 2.29. The number of ether oxygens (including phenoxy) is 2. The van der Waals surface area contributed by atoms with Gasteiger partial charge in [-0.25, -0.2) is 0 Å². The topological polar surface area (TPSA) is 60.6 Å². The first-order valence-electron chi connectivity index (χ1n) is 9.27. The molecule has 0 saturated carbocycles. The number of rotatable bonds is 6. The van der Waals surface area contributed by atoms with Crippen LogP contribution in [-0.2, 0) is 11.3 Å². The molecular weight excluding hydrogens is 330 g/mol. The molecule has 0 spiro atoms. The predicted octanol–water partition coefficient (Wildman–Crippen LogP) is 3.83. The van der Waals surface area contributed by atoms with Crippen LogP contribution in [0.2, 0.25) is 0 Å². The van der Waals surface area contributed by atoms with Crippen LogP contribution in [0.3, 0.4) is 0 Å². The summed E-state index contributed by atoms with van der Waals surface area (Å²) in [5, 5.41) is 4.16. The van der Waals surface area contributed by atoms with E-state index in [-0.39, 0.29) is 5.60 Å². The van der Waals surface area contributed by atoms with E-state index in [9.17, 15) is 0 Å². The fourth-order valence-electron chi connectivity index (χ4n) is 3.58. The van der Waals surface area contributed by atoms with E-state index in [0.29, 0.717) is 24.3 Å². The molecule has 6 nitrogen and oxygen atoms in total. The molecule has 0 radical (unpaired) electrons. The Morgan fingerprint density at radius 3 is 2.85 bits per heavy atom. The molecule has 1 saturated heterocycles. The molecule has 1 atom stereocenters. The minimum atomic E-state index is -0.0746. The van der Waals surface area contributed by atoms with E-state index in [2.05, 4.69) is 35.8 Å². The summed E-state index contributed by atoms with van der Waals surface area (Å²) in [7, 11) is 1.67. The fourth-order valence-corrected chi connectivity index (χ4v) is 3.58. The third-order valence-corrected chi connectivity index (χ3v) is 5.07. The van der Waals surface area contributed by atoms with E-state index in [1.807, 2.05) is 25.1 Å². The first kappa shape index (κ1) is 18.9. The van der Waals surface area contributed by atoms with Crippen molar-refractivity contribution >= 4 is 0 Å². The number of aryl methyl sites for hydroxylation is 1. The van der Waals surface area contributed by atoms with Gasteiger partial charge in [0.15, 0.2) is 0 Å². The minimum Gasteiger partial charge on any atom is -0.496 e. The van der Waals surface area contributed by atoms with Gasteiger partial charge in [0.05, 0.1) is 19.3 Å². The summed E-state index contributed by atoms with van der Waals surface area (Å²) in [5.74, 6) is 2.07. The second-order valence-corrected chi connectivity index (χ2v) is 7.51. The Morgan fingerprint density at radius 2 is 2.15 bits per heavy atom. The minimum absolute atomic E-state index is 0.0746. The van der Waals surface area contributed by atoms with Gasteiger partial charge in [-0.05, 0) is 51.8 Å². The average molecular weight is 359 g/mol. The van der Waals surface area contributed by atoms with Crippen molar-refractivity contribution in [2.24, 2.45) is 0 Å². The molecule has 1 aromatic heterocycles. The first-order chi connectivity index (χ1) is 12.4. The smallest absolute Gasteiger partial charge is 0.241 e. The summed E-state index contributed by atoms with van der Waals surface area (Å²) in [6.07, 6.45) is 2.05. The van der Waals surface area contributed by atoms with Crippen molar-refractivity contribution in [3.63, 3.8) is 0 Å². The molecular formula is C20H29N3O3. The molecule has 1 aromatic carbocycles. The van der Waals surface area contributed by atoms with Gasteiger partial charge < -0.3 is 14.0 Å². The van der Waals surface area contributed by atoms with Crippen molar-refractivity contribution in [1.82, 2.24) is 15.0 Å². The van der Waals surface area contributed by atoms with Gasteiger partial charge in [-0.3, -0.25) is 4.90 Å². The van der Waals surface area contributed by atoms with E-state index < -0.39 is 0 Å². The molecule has 2 heterocycles. The van der Waals surface area contributed by atoms with Crippen molar-refractivity contribution in [3.8, 4) is 17.1 Å². The summed E-state index contributed by atoms with van der Waals surface area (Å²) in [6.45, 7) is 10.9. The third-order valence-electron chi connectivity index (χ3n) is 5.07. The quantitative estimate of drug-likeness (QED) is 0.781. The molecule has 1 fully saturated rings. The van der Waals surface area contributed by atoms with Gasteiger partial charge in [-0.1, -0.05) is 24.2 Å². The maximum absolute atomic E-state index is 5.84. The Morgan fingerprint density at radius 1 is 1.35 bits per heavy atom. The maximum atomic E-state index is 5.84. The highest BCUT2D eigenvalue weighted by atomic mass is 16.5. The van der Waals surface area contributed by atoms with E-state index in [4.69, 9.17) is 14.0 Å². The van der Waals surface area contributed by atoms with Crippen molar-refractivity contribution in [2.45, 2.75) is 58.7 Å². The van der Waals surface area contributed by atoms with Crippen molar-refractivity contribution in [2.75, 3.05) is 20.3 Å². The van der Waals surface area contributed by atoms with Crippen LogP contribution in [0.15, 0.2) is 22.7 Å². The Hall–Kier alpha value is -1.92. The summed E-state index contributed by atoms with van der Waals surface area (Å²) in [4.78, 5) is 7.00. The largest absolute Gasteiger partial charge is 0.496 e. The van der Waals surface area contributed by atoms with Crippen LogP contribution in [0.4, 0.5) is 0 Å². The summed E-state index contributed by atoms with van der Waals surface area (Å²) >= 11 is 0. The Labute approximate surface area is 155 Å². The number of aromatic nitrogens is 2. The van der Waals surface area contributed by atoms with Crippen molar-refractivity contribution in [3.05, 3.63) is 29.7 Å². The van der Waals surface area contributed by atoms with Crippen LogP contribution in [0.25, 0.3) is 11.4 Å². The summed E-state index contributed by atoms with van der Waals surface area (Å²) in [6, 6.07) is 6.42. The lowest BCUT2D eigenvalue weighted by molar-refractivity contribution is -0.0848. The number of hydrogen-bond acceptors (Lipinski definition) is 6. The normalized spacial score (nSPS) is 19.7. The van der Waals surface area contributed by atoms with Crippen LogP contribution in [0, 0.1) is 6.92 Å². The number of nitrogens with zero attached hydrogens (tertiary/aromatic N) is 3. The zero-order valence-electron chi connectivity index (χ0n) is 16.4. The fraction of sp³-hybridized carbons (Fsp3) is 0.600. The third kappa shape index (κ3) is 4.24. The molecule has 142 valence electrons. The molecule has 0 unspecified atom stereocenters. The van der Waals surface area contributed by atoms with Gasteiger partial charge >= 0.3 is 0 Å². The highest BCUT2D eigenvalue weighted by Gasteiger charge is 2.32. The van der Waals surface area contributed by atoms with Gasteiger partial charge in [-0.15, -0.1) is 0 Å². The standard InChI is InChI=1S/C20H29N3O3/c1-6-23(16-9-10-25-20(3,4)12-16)13-18-21-19(22-26-18)15-8-7-14(2)17(11-15)24-5/h7-8,11,16H,6,9-10,12-13H2,1-5H3/t16-/m0/s1. The van der Waals surface area contributed by atoms with E-state index in [1.165, 1.54) is 0 Å².